The quantitative estimate of drug-likeness (QED) is 0.657. The lowest BCUT2D eigenvalue weighted by Crippen LogP contribution is -2.37. The minimum atomic E-state index is -0.0614. The number of amides is 1. The van der Waals surface area contributed by atoms with E-state index in [1.54, 1.807) is 7.11 Å². The molecule has 5 nitrogen and oxygen atoms in total. The molecule has 1 unspecified atom stereocenters. The Morgan fingerprint density at radius 3 is 2.93 bits per heavy atom. The van der Waals surface area contributed by atoms with Gasteiger partial charge >= 0.3 is 0 Å². The molecule has 0 spiro atoms. The van der Waals surface area contributed by atoms with Crippen LogP contribution in [-0.2, 0) is 11.3 Å². The number of halogens is 1. The maximum absolute atomic E-state index is 13.4. The van der Waals surface area contributed by atoms with Crippen molar-refractivity contribution in [1.29, 1.82) is 0 Å². The highest BCUT2D eigenvalue weighted by molar-refractivity contribution is 6.31. The Hall–Kier alpha value is -2.50. The SMILES string of the molecule is COc1ccccc1CN(CC1CCCO1)C(=O)c1cc2ccc(Cl)cc2[nH]1. The molecular weight excluding hydrogens is 376 g/mol. The molecule has 0 bridgehead atoms. The second kappa shape index (κ2) is 8.25. The molecule has 4 rings (SSSR count). The van der Waals surface area contributed by atoms with Gasteiger partial charge in [0.2, 0.25) is 0 Å². The molecule has 146 valence electrons. The number of aromatic amines is 1. The van der Waals surface area contributed by atoms with E-state index < -0.39 is 0 Å². The van der Waals surface area contributed by atoms with Gasteiger partial charge in [0, 0.05) is 41.2 Å². The minimum Gasteiger partial charge on any atom is -0.496 e. The van der Waals surface area contributed by atoms with Crippen LogP contribution in [0.15, 0.2) is 48.5 Å². The zero-order valence-electron chi connectivity index (χ0n) is 15.8. The van der Waals surface area contributed by atoms with Crippen LogP contribution >= 0.6 is 11.6 Å². The Labute approximate surface area is 169 Å². The first-order valence-corrected chi connectivity index (χ1v) is 9.83. The zero-order chi connectivity index (χ0) is 19.5. The van der Waals surface area contributed by atoms with Crippen molar-refractivity contribution in [3.05, 3.63) is 64.8 Å². The fourth-order valence-corrected chi connectivity index (χ4v) is 3.85. The molecule has 1 aliphatic heterocycles. The van der Waals surface area contributed by atoms with E-state index in [2.05, 4.69) is 4.98 Å². The van der Waals surface area contributed by atoms with Crippen LogP contribution in [0.25, 0.3) is 10.9 Å². The van der Waals surface area contributed by atoms with E-state index >= 15 is 0 Å². The number of methoxy groups -OCH3 is 1. The minimum absolute atomic E-state index is 0.0614. The molecule has 1 aliphatic rings. The van der Waals surface area contributed by atoms with Crippen LogP contribution in [-0.4, -0.2) is 42.2 Å². The van der Waals surface area contributed by atoms with Crippen LogP contribution in [0.4, 0.5) is 0 Å². The average molecular weight is 399 g/mol. The fraction of sp³-hybridized carbons (Fsp3) is 0.318. The van der Waals surface area contributed by atoms with Gasteiger partial charge in [-0.15, -0.1) is 0 Å². The highest BCUT2D eigenvalue weighted by Crippen LogP contribution is 2.24. The highest BCUT2D eigenvalue weighted by atomic mass is 35.5. The second-order valence-corrected chi connectivity index (χ2v) is 7.48. The maximum Gasteiger partial charge on any atom is 0.270 e. The molecule has 0 saturated carbocycles. The first-order valence-electron chi connectivity index (χ1n) is 9.45. The zero-order valence-corrected chi connectivity index (χ0v) is 16.5. The van der Waals surface area contributed by atoms with E-state index in [4.69, 9.17) is 21.1 Å². The molecule has 2 heterocycles. The number of nitrogens with zero attached hydrogens (tertiary/aromatic N) is 1. The third kappa shape index (κ3) is 4.01. The molecular formula is C22H23ClN2O3. The summed E-state index contributed by atoms with van der Waals surface area (Å²) in [5.41, 5.74) is 2.37. The Morgan fingerprint density at radius 1 is 1.29 bits per heavy atom. The van der Waals surface area contributed by atoms with E-state index in [1.807, 2.05) is 53.4 Å². The Bertz CT molecular complexity index is 979. The number of benzene rings is 2. The molecule has 1 fully saturated rings. The van der Waals surface area contributed by atoms with Gasteiger partial charge < -0.3 is 19.4 Å². The van der Waals surface area contributed by atoms with Crippen molar-refractivity contribution in [2.45, 2.75) is 25.5 Å². The van der Waals surface area contributed by atoms with Crippen LogP contribution in [0.2, 0.25) is 5.02 Å². The number of aromatic nitrogens is 1. The molecule has 28 heavy (non-hydrogen) atoms. The molecule has 1 atom stereocenters. The standard InChI is InChI=1S/C22H23ClN2O3/c1-27-21-7-3-2-5-16(21)13-25(14-18-6-4-10-28-18)22(26)20-11-15-8-9-17(23)12-19(15)24-20/h2-3,5,7-9,11-12,18,24H,4,6,10,13-14H2,1H3. The van der Waals surface area contributed by atoms with Crippen molar-refractivity contribution < 1.29 is 14.3 Å². The topological polar surface area (TPSA) is 54.6 Å². The maximum atomic E-state index is 13.4. The lowest BCUT2D eigenvalue weighted by Gasteiger charge is -2.26. The summed E-state index contributed by atoms with van der Waals surface area (Å²) in [5.74, 6) is 0.713. The number of fused-ring (bicyclic) bond motifs is 1. The first kappa shape index (κ1) is 18.8. The van der Waals surface area contributed by atoms with Crippen molar-refractivity contribution in [3.63, 3.8) is 0 Å². The monoisotopic (exact) mass is 398 g/mol. The lowest BCUT2D eigenvalue weighted by molar-refractivity contribution is 0.0502. The highest BCUT2D eigenvalue weighted by Gasteiger charge is 2.25. The van der Waals surface area contributed by atoms with Crippen molar-refractivity contribution in [3.8, 4) is 5.75 Å². The van der Waals surface area contributed by atoms with Crippen LogP contribution in [0, 0.1) is 0 Å². The molecule has 0 aliphatic carbocycles. The summed E-state index contributed by atoms with van der Waals surface area (Å²) in [6.07, 6.45) is 2.07. The van der Waals surface area contributed by atoms with Crippen LogP contribution < -0.4 is 4.74 Å². The van der Waals surface area contributed by atoms with Gasteiger partial charge in [-0.05, 0) is 37.1 Å². The van der Waals surface area contributed by atoms with Gasteiger partial charge in [-0.1, -0.05) is 35.9 Å². The molecule has 2 aromatic carbocycles. The largest absolute Gasteiger partial charge is 0.496 e. The molecule has 6 heteroatoms. The summed E-state index contributed by atoms with van der Waals surface area (Å²) in [7, 11) is 1.65. The third-order valence-corrected chi connectivity index (χ3v) is 5.34. The van der Waals surface area contributed by atoms with Crippen molar-refractivity contribution in [2.75, 3.05) is 20.3 Å². The van der Waals surface area contributed by atoms with Gasteiger partial charge in [-0.25, -0.2) is 0 Å². The third-order valence-electron chi connectivity index (χ3n) is 5.10. The van der Waals surface area contributed by atoms with Gasteiger partial charge in [0.25, 0.3) is 5.91 Å². The predicted octanol–water partition coefficient (Wildman–Crippen LogP) is 4.65. The average Bonchev–Trinajstić information content (AvgIpc) is 3.36. The van der Waals surface area contributed by atoms with E-state index in [0.717, 1.165) is 41.7 Å². The second-order valence-electron chi connectivity index (χ2n) is 7.05. The summed E-state index contributed by atoms with van der Waals surface area (Å²) in [6.45, 7) is 1.76. The number of hydrogen-bond donors (Lipinski definition) is 1. The van der Waals surface area contributed by atoms with Crippen molar-refractivity contribution in [1.82, 2.24) is 9.88 Å². The normalized spacial score (nSPS) is 16.4. The lowest BCUT2D eigenvalue weighted by atomic mass is 10.1. The van der Waals surface area contributed by atoms with Gasteiger partial charge in [0.05, 0.1) is 13.2 Å². The molecule has 0 radical (unpaired) electrons. The summed E-state index contributed by atoms with van der Waals surface area (Å²) in [4.78, 5) is 18.4. The predicted molar refractivity (Wildman–Crippen MR) is 110 cm³/mol. The molecule has 1 N–H and O–H groups in total. The van der Waals surface area contributed by atoms with Gasteiger partial charge in [0.15, 0.2) is 0 Å². The molecule has 1 saturated heterocycles. The number of rotatable bonds is 6. The number of carbonyl (C=O) groups excluding carboxylic acids is 1. The smallest absolute Gasteiger partial charge is 0.270 e. The summed E-state index contributed by atoms with van der Waals surface area (Å²) in [6, 6.07) is 15.2. The van der Waals surface area contributed by atoms with Crippen LogP contribution in [0.5, 0.6) is 5.75 Å². The summed E-state index contributed by atoms with van der Waals surface area (Å²) in [5, 5.41) is 1.60. The molecule has 1 aromatic heterocycles. The van der Waals surface area contributed by atoms with Crippen molar-refractivity contribution >= 4 is 28.4 Å². The number of H-pyrrole nitrogens is 1. The first-order chi connectivity index (χ1) is 13.6. The van der Waals surface area contributed by atoms with Crippen LogP contribution in [0.3, 0.4) is 0 Å². The number of para-hydroxylation sites is 1. The van der Waals surface area contributed by atoms with E-state index in [0.29, 0.717) is 23.8 Å². The number of carbonyl (C=O) groups is 1. The van der Waals surface area contributed by atoms with E-state index in [-0.39, 0.29) is 12.0 Å². The van der Waals surface area contributed by atoms with E-state index in [1.165, 1.54) is 0 Å². The van der Waals surface area contributed by atoms with Crippen LogP contribution in [0.1, 0.15) is 28.9 Å². The van der Waals surface area contributed by atoms with Crippen molar-refractivity contribution in [2.24, 2.45) is 0 Å². The number of ether oxygens (including phenoxy) is 2. The van der Waals surface area contributed by atoms with Gasteiger partial charge in [0.1, 0.15) is 11.4 Å². The molecule has 3 aromatic rings. The summed E-state index contributed by atoms with van der Waals surface area (Å²) < 4.78 is 11.3. The Kier molecular flexibility index (Phi) is 5.55. The molecule has 1 amide bonds. The Morgan fingerprint density at radius 2 is 2.14 bits per heavy atom. The van der Waals surface area contributed by atoms with Gasteiger partial charge in [-0.2, -0.15) is 0 Å². The van der Waals surface area contributed by atoms with Gasteiger partial charge in [-0.3, -0.25) is 4.79 Å². The number of hydrogen-bond acceptors (Lipinski definition) is 3. The van der Waals surface area contributed by atoms with E-state index in [9.17, 15) is 4.79 Å². The fourth-order valence-electron chi connectivity index (χ4n) is 3.68. The Balaban J connectivity index is 1.63. The number of nitrogens with one attached hydrogen (secondary N) is 1. The summed E-state index contributed by atoms with van der Waals surface area (Å²) >= 11 is 6.08.